The first-order valence-corrected chi connectivity index (χ1v) is 25.7. The van der Waals surface area contributed by atoms with E-state index in [9.17, 15) is 0 Å². The van der Waals surface area contributed by atoms with Crippen molar-refractivity contribution < 1.29 is 48.1 Å². The molecule has 7 aromatic rings. The topological polar surface area (TPSA) is 0 Å². The third kappa shape index (κ3) is 11.6. The average molecular weight is 875 g/mol. The molecule has 0 aliphatic heterocycles. The van der Waals surface area contributed by atoms with Crippen molar-refractivity contribution in [2.45, 2.75) is 106 Å². The van der Waals surface area contributed by atoms with E-state index in [1.54, 1.807) is 23.3 Å². The third-order valence-corrected chi connectivity index (χ3v) is 10.4. The zero-order chi connectivity index (χ0) is 39.5. The Labute approximate surface area is 366 Å². The van der Waals surface area contributed by atoms with E-state index in [2.05, 4.69) is 211 Å². The molecule has 0 fully saturated rings. The standard InChI is InChI=1S/C30H33.C20H21.C2H6Si.2ClH.Zr/c1-20-16-24-18-23(21-8-12-25(13-9-21)29(2,3)4)19-28(27(24)17-20)22-10-14-26(15-11-22)30(5,6)7;1-13(2)17-11-16-8-6-10-19(20(16)12-17)18-9-5-7-14(3)15(18)4;1-3-2;;;/h8-19H,1-7H3;5-13H,1-4H3;1-2H3;2*1H;/q2*-1;;;;+2/p-2. The van der Waals surface area contributed by atoms with Crippen LogP contribution in [0.25, 0.3) is 54.9 Å². The molecule has 0 aliphatic rings. The van der Waals surface area contributed by atoms with Crippen LogP contribution in [0.4, 0.5) is 0 Å². The molecule has 0 bridgehead atoms. The summed E-state index contributed by atoms with van der Waals surface area (Å²) >= 11 is 1.74. The van der Waals surface area contributed by atoms with E-state index in [0.29, 0.717) is 5.92 Å². The number of hydrogen-bond acceptors (Lipinski definition) is 0. The minimum absolute atomic E-state index is 0. The fraction of sp³-hybridized carbons (Fsp3) is 0.308. The molecule has 0 unspecified atom stereocenters. The van der Waals surface area contributed by atoms with Crippen LogP contribution >= 0.6 is 0 Å². The summed E-state index contributed by atoms with van der Waals surface area (Å²) in [5.41, 5.74) is 16.6. The van der Waals surface area contributed by atoms with Gasteiger partial charge in [0.15, 0.2) is 0 Å². The summed E-state index contributed by atoms with van der Waals surface area (Å²) in [4.78, 5) is 0. The molecule has 0 atom stereocenters. The van der Waals surface area contributed by atoms with Crippen molar-refractivity contribution in [3.05, 3.63) is 155 Å². The quantitative estimate of drug-likeness (QED) is 0.122. The number of fused-ring (bicyclic) bond motifs is 2. The molecule has 0 nitrogen and oxygen atoms in total. The molecule has 0 N–H and O–H groups in total. The van der Waals surface area contributed by atoms with Crippen LogP contribution in [-0.2, 0) is 34.2 Å². The van der Waals surface area contributed by atoms with E-state index in [1.807, 2.05) is 0 Å². The smallest absolute Gasteiger partial charge is 0.0132 e. The molecule has 0 aromatic heterocycles. The molecule has 0 heterocycles. The van der Waals surface area contributed by atoms with E-state index >= 15 is 0 Å². The van der Waals surface area contributed by atoms with Crippen molar-refractivity contribution in [1.82, 2.24) is 0 Å². The van der Waals surface area contributed by atoms with Crippen molar-refractivity contribution in [3.63, 3.8) is 0 Å². The van der Waals surface area contributed by atoms with Crippen LogP contribution in [-0.4, -0.2) is 5.43 Å². The molecule has 7 rings (SSSR count). The SMILES string of the molecule is C[Si](C)=[Zr+2].Cc1cc2c(-c3ccc(C(C)(C)C)cc3)cc(-c3ccc(C(C)(C)C)cc3)cc2[cH-]1.Cc1cccc(-c2cccc3[cH-]c(C(C)C)cc23)c1C.[Cl-].[Cl-]. The van der Waals surface area contributed by atoms with Gasteiger partial charge in [0.05, 0.1) is 0 Å². The molecule has 0 saturated carbocycles. The second-order valence-corrected chi connectivity index (χ2v) is 27.1. The van der Waals surface area contributed by atoms with Crippen molar-refractivity contribution in [1.29, 1.82) is 0 Å². The normalized spacial score (nSPS) is 11.3. The Balaban J connectivity index is 0.000000281. The minimum atomic E-state index is 0. The summed E-state index contributed by atoms with van der Waals surface area (Å²) in [7, 11) is 0. The summed E-state index contributed by atoms with van der Waals surface area (Å²) in [5.74, 6) is 0.578. The van der Waals surface area contributed by atoms with Crippen molar-refractivity contribution >= 4 is 27.0 Å². The first-order valence-electron chi connectivity index (χ1n) is 19.5. The zero-order valence-corrected chi connectivity index (χ0v) is 40.9. The second-order valence-electron chi connectivity index (χ2n) is 17.7. The summed E-state index contributed by atoms with van der Waals surface area (Å²) in [6.07, 6.45) is 0. The van der Waals surface area contributed by atoms with Crippen molar-refractivity contribution in [3.8, 4) is 33.4 Å². The van der Waals surface area contributed by atoms with Gasteiger partial charge in [-0.3, -0.25) is 0 Å². The molecule has 56 heavy (non-hydrogen) atoms. The van der Waals surface area contributed by atoms with Gasteiger partial charge in [0.2, 0.25) is 0 Å². The number of benzene rings is 5. The number of rotatable bonds is 4. The maximum absolute atomic E-state index is 2.36. The van der Waals surface area contributed by atoms with Crippen LogP contribution < -0.4 is 24.8 Å². The van der Waals surface area contributed by atoms with Gasteiger partial charge in [0, 0.05) is 0 Å². The summed E-state index contributed by atoms with van der Waals surface area (Å²) in [6, 6.07) is 45.4. The number of aryl methyl sites for hydroxylation is 2. The monoisotopic (exact) mass is 872 g/mol. The molecule has 0 aliphatic carbocycles. The van der Waals surface area contributed by atoms with Gasteiger partial charge >= 0.3 is 41.9 Å². The van der Waals surface area contributed by atoms with Gasteiger partial charge in [-0.1, -0.05) is 158 Å². The van der Waals surface area contributed by atoms with Crippen LogP contribution in [0.3, 0.4) is 0 Å². The molecular formula is C52H60Cl2SiZr-2. The largest absolute Gasteiger partial charge is 1.00 e. The molecule has 0 radical (unpaired) electrons. The van der Waals surface area contributed by atoms with E-state index in [4.69, 9.17) is 0 Å². The molecule has 0 spiro atoms. The fourth-order valence-electron chi connectivity index (χ4n) is 7.06. The summed E-state index contributed by atoms with van der Waals surface area (Å²) < 4.78 is 0. The first-order chi connectivity index (χ1) is 25.3. The average Bonchev–Trinajstić information content (AvgIpc) is 3.72. The van der Waals surface area contributed by atoms with Gasteiger partial charge in [0.1, 0.15) is 0 Å². The number of hydrogen-bond donors (Lipinski definition) is 0. The maximum atomic E-state index is 2.36. The Morgan fingerprint density at radius 2 is 1.04 bits per heavy atom. The van der Waals surface area contributed by atoms with Crippen LogP contribution in [0, 0.1) is 20.8 Å². The third-order valence-electron chi connectivity index (χ3n) is 10.4. The summed E-state index contributed by atoms with van der Waals surface area (Å²) in [5, 5.41) is 5.39. The minimum Gasteiger partial charge on any atom is -1.00 e. The summed E-state index contributed by atoms with van der Waals surface area (Å²) in [6.45, 7) is 29.3. The van der Waals surface area contributed by atoms with Crippen LogP contribution in [0.15, 0.2) is 121 Å². The van der Waals surface area contributed by atoms with Crippen LogP contribution in [0.1, 0.15) is 94.7 Å². The van der Waals surface area contributed by atoms with Crippen molar-refractivity contribution in [2.75, 3.05) is 0 Å². The van der Waals surface area contributed by atoms with Crippen LogP contribution in [0.5, 0.6) is 0 Å². The molecule has 0 saturated heterocycles. The van der Waals surface area contributed by atoms with Gasteiger partial charge in [-0.25, -0.2) is 0 Å². The van der Waals surface area contributed by atoms with Gasteiger partial charge in [0.25, 0.3) is 0 Å². The molecule has 0 amide bonds. The Morgan fingerprint density at radius 1 is 0.536 bits per heavy atom. The Morgan fingerprint density at radius 3 is 1.57 bits per heavy atom. The van der Waals surface area contributed by atoms with Gasteiger partial charge < -0.3 is 24.8 Å². The molecule has 7 aromatic carbocycles. The Kier molecular flexibility index (Phi) is 16.6. The van der Waals surface area contributed by atoms with E-state index in [1.165, 1.54) is 88.3 Å². The maximum Gasteiger partial charge on any atom is -0.0132 e. The zero-order valence-electron chi connectivity index (χ0n) is 35.9. The predicted molar refractivity (Wildman–Crippen MR) is 239 cm³/mol. The molecule has 292 valence electrons. The van der Waals surface area contributed by atoms with E-state index in [-0.39, 0.29) is 41.1 Å². The van der Waals surface area contributed by atoms with Gasteiger partial charge in [-0.15, -0.1) is 63.0 Å². The first kappa shape index (κ1) is 47.4. The Bertz CT molecular complexity index is 2370. The molecule has 4 heteroatoms. The van der Waals surface area contributed by atoms with Gasteiger partial charge in [-0.05, 0) is 69.5 Å². The number of halogens is 2. The fourth-order valence-corrected chi connectivity index (χ4v) is 7.06. The second kappa shape index (κ2) is 19.6. The van der Waals surface area contributed by atoms with E-state index < -0.39 is 0 Å². The predicted octanol–water partition coefficient (Wildman–Crippen LogP) is 9.55. The molecular weight excluding hydrogens is 815 g/mol. The van der Waals surface area contributed by atoms with Gasteiger partial charge in [-0.2, -0.15) is 12.1 Å². The van der Waals surface area contributed by atoms with E-state index in [0.717, 1.165) is 0 Å². The Hall–Kier alpha value is -3.00. The van der Waals surface area contributed by atoms with Crippen LogP contribution in [0.2, 0.25) is 13.1 Å². The van der Waals surface area contributed by atoms with Crippen molar-refractivity contribution in [2.24, 2.45) is 0 Å².